The van der Waals surface area contributed by atoms with E-state index >= 15 is 0 Å². The molecule has 0 spiro atoms. The number of fused-ring (bicyclic) bond motifs is 2. The Labute approximate surface area is 298 Å². The minimum atomic E-state index is -3.12. The van der Waals surface area contributed by atoms with Crippen LogP contribution < -0.4 is 10.3 Å². The summed E-state index contributed by atoms with van der Waals surface area (Å²) in [4.78, 5) is 30.8. The van der Waals surface area contributed by atoms with E-state index in [-0.39, 0.29) is 29.4 Å². The molecule has 258 valence electrons. The van der Waals surface area contributed by atoms with Crippen molar-refractivity contribution in [1.29, 1.82) is 0 Å². The topological polar surface area (TPSA) is 60.3 Å². The fourth-order valence-electron chi connectivity index (χ4n) is 7.69. The second-order valence-corrected chi connectivity index (χ2v) is 14.1. The van der Waals surface area contributed by atoms with Gasteiger partial charge in [0, 0.05) is 34.6 Å². The van der Waals surface area contributed by atoms with E-state index in [0.717, 1.165) is 52.9 Å². The zero-order valence-electron chi connectivity index (χ0n) is 28.1. The van der Waals surface area contributed by atoms with Crippen LogP contribution in [-0.4, -0.2) is 35.0 Å². The Balaban J connectivity index is 1.27. The van der Waals surface area contributed by atoms with Crippen molar-refractivity contribution >= 4 is 22.8 Å². The third-order valence-electron chi connectivity index (χ3n) is 10.0. The van der Waals surface area contributed by atoms with Gasteiger partial charge in [0.15, 0.2) is 5.75 Å². The molecule has 0 radical (unpaired) electrons. The van der Waals surface area contributed by atoms with E-state index in [9.17, 15) is 18.4 Å². The lowest BCUT2D eigenvalue weighted by Crippen LogP contribution is -2.49. The lowest BCUT2D eigenvalue weighted by atomic mass is 9.74. The largest absolute Gasteiger partial charge is 0.462 e. The SMILES string of the molecule is CCOC(=O)c1cc(C2CC2)c2c(OC(F)F)c(-c3cc4c(s3)CCN(C(c3ccccc3)(c3ccccc3)c3ccccc3)C4)ccn2c1=O. The van der Waals surface area contributed by atoms with Gasteiger partial charge in [0.2, 0.25) is 0 Å². The second-order valence-electron chi connectivity index (χ2n) is 13.0. The van der Waals surface area contributed by atoms with Gasteiger partial charge >= 0.3 is 12.6 Å². The average Bonchev–Trinajstić information content (AvgIpc) is 3.91. The number of carbonyl (C=O) groups is 1. The van der Waals surface area contributed by atoms with E-state index < -0.39 is 23.7 Å². The molecule has 1 fully saturated rings. The van der Waals surface area contributed by atoms with Crippen LogP contribution in [0.4, 0.5) is 8.78 Å². The lowest BCUT2D eigenvalue weighted by Gasteiger charge is -2.47. The average molecular weight is 703 g/mol. The molecular formula is C42H36F2N2O4S. The summed E-state index contributed by atoms with van der Waals surface area (Å²) in [5.41, 5.74) is 4.67. The number of benzene rings is 3. The molecule has 2 aliphatic rings. The second kappa shape index (κ2) is 13.5. The first-order valence-corrected chi connectivity index (χ1v) is 18.1. The molecule has 0 bridgehead atoms. The van der Waals surface area contributed by atoms with Crippen LogP contribution in [0.2, 0.25) is 0 Å². The number of aromatic nitrogens is 1. The number of esters is 1. The number of thiophene rings is 1. The van der Waals surface area contributed by atoms with Crippen molar-refractivity contribution in [3.05, 3.63) is 164 Å². The monoisotopic (exact) mass is 702 g/mol. The van der Waals surface area contributed by atoms with Gasteiger partial charge in [0.25, 0.3) is 5.56 Å². The lowest BCUT2D eigenvalue weighted by molar-refractivity contribution is -0.0486. The third-order valence-corrected chi connectivity index (χ3v) is 11.3. The first-order chi connectivity index (χ1) is 24.9. The van der Waals surface area contributed by atoms with Gasteiger partial charge in [-0.2, -0.15) is 8.78 Å². The van der Waals surface area contributed by atoms with Crippen molar-refractivity contribution in [3.63, 3.8) is 0 Å². The van der Waals surface area contributed by atoms with Crippen LogP contribution in [0.15, 0.2) is 120 Å². The highest BCUT2D eigenvalue weighted by Gasteiger charge is 2.43. The number of hydrogen-bond acceptors (Lipinski definition) is 6. The number of ether oxygens (including phenoxy) is 2. The van der Waals surface area contributed by atoms with Crippen molar-refractivity contribution in [2.45, 2.75) is 50.8 Å². The zero-order chi connectivity index (χ0) is 35.1. The number of rotatable bonds is 10. The maximum atomic E-state index is 14.2. The van der Waals surface area contributed by atoms with Crippen LogP contribution in [0.25, 0.3) is 16.0 Å². The summed E-state index contributed by atoms with van der Waals surface area (Å²) in [6, 6.07) is 36.9. The maximum Gasteiger partial charge on any atom is 0.387 e. The molecule has 51 heavy (non-hydrogen) atoms. The quantitative estimate of drug-likeness (QED) is 0.105. The number of pyridine rings is 2. The summed E-state index contributed by atoms with van der Waals surface area (Å²) in [5, 5.41) is 0. The first kappa shape index (κ1) is 33.0. The highest BCUT2D eigenvalue weighted by Crippen LogP contribution is 2.49. The Morgan fingerprint density at radius 2 is 1.51 bits per heavy atom. The molecule has 0 atom stereocenters. The summed E-state index contributed by atoms with van der Waals surface area (Å²) in [5.74, 6) is -0.756. The predicted octanol–water partition coefficient (Wildman–Crippen LogP) is 9.03. The molecule has 8 rings (SSSR count). The molecular weight excluding hydrogens is 667 g/mol. The highest BCUT2D eigenvalue weighted by atomic mass is 32.1. The first-order valence-electron chi connectivity index (χ1n) is 17.3. The van der Waals surface area contributed by atoms with Crippen LogP contribution >= 0.6 is 11.3 Å². The van der Waals surface area contributed by atoms with Gasteiger partial charge in [-0.3, -0.25) is 14.1 Å². The fourth-order valence-corrected chi connectivity index (χ4v) is 8.88. The van der Waals surface area contributed by atoms with E-state index in [4.69, 9.17) is 9.47 Å². The standard InChI is InChI=1S/C42H36F2N2O4S/c1-2-49-40(48)34-25-33(27-18-19-27)37-38(50-41(43)44)32(20-23-46(37)39(34)47)36-24-28-26-45(22-21-35(28)51-36)42(29-12-6-3-7-13-29,30-14-8-4-9-15-30)31-16-10-5-11-17-31/h3-17,20,23-25,27,41H,2,18-19,21-22,26H2,1H3. The van der Waals surface area contributed by atoms with Crippen molar-refractivity contribution in [1.82, 2.24) is 9.30 Å². The summed E-state index contributed by atoms with van der Waals surface area (Å²) >= 11 is 1.57. The molecule has 6 nitrogen and oxygen atoms in total. The van der Waals surface area contributed by atoms with Crippen molar-refractivity contribution < 1.29 is 23.0 Å². The summed E-state index contributed by atoms with van der Waals surface area (Å²) in [6.07, 6.45) is 3.98. The van der Waals surface area contributed by atoms with Gasteiger partial charge in [-0.25, -0.2) is 4.79 Å². The normalized spacial score (nSPS) is 14.8. The predicted molar refractivity (Wildman–Crippen MR) is 195 cm³/mol. The van der Waals surface area contributed by atoms with Crippen LogP contribution in [0.3, 0.4) is 0 Å². The van der Waals surface area contributed by atoms with E-state index in [0.29, 0.717) is 17.7 Å². The van der Waals surface area contributed by atoms with E-state index in [1.165, 1.54) is 15.3 Å². The third kappa shape index (κ3) is 5.84. The highest BCUT2D eigenvalue weighted by molar-refractivity contribution is 7.15. The van der Waals surface area contributed by atoms with Crippen LogP contribution in [0.5, 0.6) is 5.75 Å². The van der Waals surface area contributed by atoms with Crippen molar-refractivity contribution in [2.24, 2.45) is 0 Å². The van der Waals surface area contributed by atoms with Crippen LogP contribution in [0.1, 0.15) is 68.7 Å². The molecule has 4 heterocycles. The molecule has 1 aliphatic heterocycles. The minimum absolute atomic E-state index is 0.0243. The Kier molecular flexibility index (Phi) is 8.78. The smallest absolute Gasteiger partial charge is 0.387 e. The molecule has 9 heteroatoms. The Morgan fingerprint density at radius 1 is 0.902 bits per heavy atom. The Bertz CT molecular complexity index is 2170. The Hall–Kier alpha value is -5.12. The van der Waals surface area contributed by atoms with Crippen molar-refractivity contribution in [2.75, 3.05) is 13.2 Å². The molecule has 0 unspecified atom stereocenters. The van der Waals surface area contributed by atoms with Gasteiger partial charge in [-0.05, 0) is 78.1 Å². The molecule has 6 aromatic rings. The molecule has 3 aromatic heterocycles. The number of alkyl halides is 2. The molecule has 0 N–H and O–H groups in total. The summed E-state index contributed by atoms with van der Waals surface area (Å²) in [6.45, 7) is 0.0575. The number of carbonyl (C=O) groups excluding carboxylic acids is 1. The van der Waals surface area contributed by atoms with Gasteiger partial charge in [0.05, 0.1) is 17.7 Å². The molecule has 1 saturated carbocycles. The van der Waals surface area contributed by atoms with Gasteiger partial charge < -0.3 is 9.47 Å². The number of halogens is 2. The van der Waals surface area contributed by atoms with E-state index in [1.807, 2.05) is 18.2 Å². The molecule has 3 aromatic carbocycles. The molecule has 1 aliphatic carbocycles. The van der Waals surface area contributed by atoms with Gasteiger partial charge in [-0.15, -0.1) is 11.3 Å². The van der Waals surface area contributed by atoms with Crippen molar-refractivity contribution in [3.8, 4) is 16.2 Å². The summed E-state index contributed by atoms with van der Waals surface area (Å²) in [7, 11) is 0. The van der Waals surface area contributed by atoms with Gasteiger partial charge in [-0.1, -0.05) is 91.0 Å². The number of nitrogens with zero attached hydrogens (tertiary/aromatic N) is 2. The molecule has 0 amide bonds. The number of hydrogen-bond donors (Lipinski definition) is 0. The minimum Gasteiger partial charge on any atom is -0.462 e. The Morgan fingerprint density at radius 3 is 2.06 bits per heavy atom. The van der Waals surface area contributed by atoms with Gasteiger partial charge in [0.1, 0.15) is 5.56 Å². The van der Waals surface area contributed by atoms with E-state index in [1.54, 1.807) is 30.5 Å². The van der Waals surface area contributed by atoms with E-state index in [2.05, 4.69) is 83.8 Å². The zero-order valence-corrected chi connectivity index (χ0v) is 28.9. The summed E-state index contributed by atoms with van der Waals surface area (Å²) < 4.78 is 40.1. The van der Waals surface area contributed by atoms with Crippen LogP contribution in [0, 0.1) is 0 Å². The maximum absolute atomic E-state index is 14.2. The van der Waals surface area contributed by atoms with Crippen LogP contribution in [-0.2, 0) is 23.2 Å². The molecule has 0 saturated heterocycles. The fraction of sp³-hybridized carbons (Fsp3) is 0.238.